The van der Waals surface area contributed by atoms with E-state index in [0.29, 0.717) is 18.8 Å². The summed E-state index contributed by atoms with van der Waals surface area (Å²) in [5.41, 5.74) is 4.96. The first-order chi connectivity index (χ1) is 19.8. The first-order valence-electron chi connectivity index (χ1n) is 14.6. The number of aromatic nitrogens is 5. The van der Waals surface area contributed by atoms with Crippen molar-refractivity contribution in [1.82, 2.24) is 25.2 Å². The molecule has 0 amide bonds. The number of pyridine rings is 1. The van der Waals surface area contributed by atoms with E-state index in [1.165, 1.54) is 12.1 Å². The Labute approximate surface area is 246 Å². The standard InChI is InChI=1S/C32H40FN5O4/c1-19(2)28-25(15-14-22-17-23(41-32(6,7)40-22)18-26(39)42-31(3,4)5)27(20-10-12-21(33)13-11-20)24-9-8-16-38-30(29(24)34-28)35-36-37-38/h10-15,19,22-23H,8-9,16-18H2,1-7H3/t22-,23-/m1/s1. The maximum absolute atomic E-state index is 14.0. The molecule has 0 spiro atoms. The lowest BCUT2D eigenvalue weighted by atomic mass is 9.87. The van der Waals surface area contributed by atoms with Gasteiger partial charge in [-0.2, -0.15) is 0 Å². The molecule has 2 aliphatic rings. The fourth-order valence-corrected chi connectivity index (χ4v) is 5.74. The Hall–Kier alpha value is -3.50. The lowest BCUT2D eigenvalue weighted by molar-refractivity contribution is -0.290. The average Bonchev–Trinajstić information content (AvgIpc) is 3.27. The summed E-state index contributed by atoms with van der Waals surface area (Å²) < 4.78 is 33.8. The van der Waals surface area contributed by atoms with E-state index in [1.807, 2.05) is 52.8 Å². The van der Waals surface area contributed by atoms with Crippen molar-refractivity contribution in [3.8, 4) is 22.6 Å². The zero-order valence-electron chi connectivity index (χ0n) is 25.5. The normalized spacial score (nSPS) is 20.3. The largest absolute Gasteiger partial charge is 0.460 e. The topological polar surface area (TPSA) is 101 Å². The molecule has 224 valence electrons. The molecule has 1 fully saturated rings. The van der Waals surface area contributed by atoms with Crippen molar-refractivity contribution >= 4 is 12.0 Å². The van der Waals surface area contributed by atoms with Gasteiger partial charge in [0.05, 0.1) is 24.3 Å². The molecule has 1 saturated heterocycles. The van der Waals surface area contributed by atoms with E-state index < -0.39 is 11.4 Å². The molecule has 0 unspecified atom stereocenters. The maximum atomic E-state index is 14.0. The lowest BCUT2D eigenvalue weighted by Gasteiger charge is -2.39. The molecule has 5 rings (SSSR count). The molecule has 1 aromatic carbocycles. The van der Waals surface area contributed by atoms with Crippen molar-refractivity contribution in [2.45, 2.75) is 110 Å². The first-order valence-corrected chi connectivity index (χ1v) is 14.6. The number of hydrogen-bond acceptors (Lipinski definition) is 8. The Bertz CT molecular complexity index is 1470. The SMILES string of the molecule is CC(C)c1nc2c(c(-c3ccc(F)cc3)c1C=C[C@@H]1C[C@H](CC(=O)OC(C)(C)C)OC(C)(C)O1)CCCn1nnnc1-2. The van der Waals surface area contributed by atoms with Gasteiger partial charge in [0.2, 0.25) is 5.82 Å². The van der Waals surface area contributed by atoms with Crippen LogP contribution < -0.4 is 0 Å². The van der Waals surface area contributed by atoms with E-state index in [-0.39, 0.29) is 36.3 Å². The minimum atomic E-state index is -0.885. The van der Waals surface area contributed by atoms with E-state index in [0.717, 1.165) is 46.5 Å². The van der Waals surface area contributed by atoms with Gasteiger partial charge >= 0.3 is 5.97 Å². The van der Waals surface area contributed by atoms with Crippen LogP contribution in [-0.2, 0) is 32.0 Å². The zero-order valence-corrected chi connectivity index (χ0v) is 25.5. The third-order valence-electron chi connectivity index (χ3n) is 7.26. The van der Waals surface area contributed by atoms with E-state index >= 15 is 0 Å². The predicted octanol–water partition coefficient (Wildman–Crippen LogP) is 6.27. The summed E-state index contributed by atoms with van der Waals surface area (Å²) in [7, 11) is 0. The molecule has 2 aliphatic heterocycles. The fraction of sp³-hybridized carbons (Fsp3) is 0.531. The fourth-order valence-electron chi connectivity index (χ4n) is 5.74. The smallest absolute Gasteiger partial charge is 0.308 e. The molecule has 0 aliphatic carbocycles. The average molecular weight is 578 g/mol. The summed E-state index contributed by atoms with van der Waals surface area (Å²) in [5, 5.41) is 12.4. The minimum absolute atomic E-state index is 0.0775. The number of aryl methyl sites for hydroxylation is 1. The Kier molecular flexibility index (Phi) is 8.31. The monoisotopic (exact) mass is 577 g/mol. The number of nitrogens with zero attached hydrogens (tertiary/aromatic N) is 5. The highest BCUT2D eigenvalue weighted by Gasteiger charge is 2.36. The van der Waals surface area contributed by atoms with Crippen LogP contribution in [0.5, 0.6) is 0 Å². The Morgan fingerprint density at radius 3 is 2.64 bits per heavy atom. The number of esters is 1. The van der Waals surface area contributed by atoms with Crippen LogP contribution in [0.25, 0.3) is 28.7 Å². The number of fused-ring (bicyclic) bond motifs is 3. The summed E-state index contributed by atoms with van der Waals surface area (Å²) in [4.78, 5) is 17.7. The van der Waals surface area contributed by atoms with Gasteiger partial charge < -0.3 is 14.2 Å². The van der Waals surface area contributed by atoms with Crippen LogP contribution in [0.1, 0.15) is 90.5 Å². The van der Waals surface area contributed by atoms with E-state index in [4.69, 9.17) is 19.2 Å². The third kappa shape index (κ3) is 6.76. The van der Waals surface area contributed by atoms with Gasteiger partial charge in [0.25, 0.3) is 0 Å². The molecular weight excluding hydrogens is 537 g/mol. The Balaban J connectivity index is 1.57. The van der Waals surface area contributed by atoms with E-state index in [1.54, 1.807) is 4.68 Å². The molecule has 2 atom stereocenters. The molecule has 0 N–H and O–H groups in total. The number of carbonyl (C=O) groups is 1. The molecule has 3 aromatic rings. The van der Waals surface area contributed by atoms with Crippen LogP contribution in [0.4, 0.5) is 4.39 Å². The maximum Gasteiger partial charge on any atom is 0.308 e. The quantitative estimate of drug-likeness (QED) is 0.316. The van der Waals surface area contributed by atoms with E-state index in [9.17, 15) is 9.18 Å². The number of halogens is 1. The first kappa shape index (κ1) is 30.0. The molecule has 10 heteroatoms. The molecule has 0 radical (unpaired) electrons. The van der Waals surface area contributed by atoms with Gasteiger partial charge in [0.1, 0.15) is 17.1 Å². The molecule has 0 bridgehead atoms. The second kappa shape index (κ2) is 11.6. The minimum Gasteiger partial charge on any atom is -0.460 e. The van der Waals surface area contributed by atoms with Crippen LogP contribution in [0.3, 0.4) is 0 Å². The highest BCUT2D eigenvalue weighted by Crippen LogP contribution is 2.40. The zero-order chi connectivity index (χ0) is 30.2. The molecule has 0 saturated carbocycles. The van der Waals surface area contributed by atoms with Crippen LogP contribution in [0.15, 0.2) is 30.3 Å². The Morgan fingerprint density at radius 2 is 1.95 bits per heavy atom. The van der Waals surface area contributed by atoms with Gasteiger partial charge in [0.15, 0.2) is 5.79 Å². The van der Waals surface area contributed by atoms with Crippen LogP contribution in [0, 0.1) is 5.82 Å². The highest BCUT2D eigenvalue weighted by molar-refractivity contribution is 5.84. The number of tetrazole rings is 1. The van der Waals surface area contributed by atoms with E-state index in [2.05, 4.69) is 35.4 Å². The molecule has 9 nitrogen and oxygen atoms in total. The number of rotatable bonds is 6. The molecular formula is C32H40FN5O4. The van der Waals surface area contributed by atoms with Crippen molar-refractivity contribution < 1.29 is 23.4 Å². The van der Waals surface area contributed by atoms with Crippen molar-refractivity contribution in [2.24, 2.45) is 0 Å². The lowest BCUT2D eigenvalue weighted by Crippen LogP contribution is -2.45. The van der Waals surface area contributed by atoms with Gasteiger partial charge in [-0.3, -0.25) is 4.79 Å². The second-order valence-corrected chi connectivity index (χ2v) is 12.8. The number of benzene rings is 1. The van der Waals surface area contributed by atoms with Gasteiger partial charge in [-0.15, -0.1) is 5.10 Å². The second-order valence-electron chi connectivity index (χ2n) is 12.8. The summed E-state index contributed by atoms with van der Waals surface area (Å²) >= 11 is 0. The number of carbonyl (C=O) groups excluding carboxylic acids is 1. The van der Waals surface area contributed by atoms with Crippen molar-refractivity contribution in [3.05, 3.63) is 53.0 Å². The number of hydrogen-bond donors (Lipinski definition) is 0. The Morgan fingerprint density at radius 1 is 1.21 bits per heavy atom. The van der Waals surface area contributed by atoms with Crippen LogP contribution in [-0.4, -0.2) is 54.8 Å². The molecule has 4 heterocycles. The number of ether oxygens (including phenoxy) is 3. The van der Waals surface area contributed by atoms with Gasteiger partial charge in [-0.1, -0.05) is 38.1 Å². The van der Waals surface area contributed by atoms with Crippen molar-refractivity contribution in [1.29, 1.82) is 0 Å². The van der Waals surface area contributed by atoms with Gasteiger partial charge in [0, 0.05) is 18.5 Å². The summed E-state index contributed by atoms with van der Waals surface area (Å²) in [6.07, 6.45) is 5.65. The highest BCUT2D eigenvalue weighted by atomic mass is 19.1. The van der Waals surface area contributed by atoms with Gasteiger partial charge in [-0.05, 0) is 92.6 Å². The van der Waals surface area contributed by atoms with Crippen molar-refractivity contribution in [3.63, 3.8) is 0 Å². The molecule has 42 heavy (non-hydrogen) atoms. The molecule has 2 aromatic heterocycles. The summed E-state index contributed by atoms with van der Waals surface area (Å²) in [5.74, 6) is -0.760. The van der Waals surface area contributed by atoms with Crippen molar-refractivity contribution in [2.75, 3.05) is 0 Å². The third-order valence-corrected chi connectivity index (χ3v) is 7.26. The van der Waals surface area contributed by atoms with Crippen LogP contribution >= 0.6 is 0 Å². The predicted molar refractivity (Wildman–Crippen MR) is 157 cm³/mol. The van der Waals surface area contributed by atoms with Gasteiger partial charge in [-0.25, -0.2) is 14.1 Å². The van der Waals surface area contributed by atoms with Crippen LogP contribution in [0.2, 0.25) is 0 Å². The summed E-state index contributed by atoms with van der Waals surface area (Å²) in [6.45, 7) is 14.2. The summed E-state index contributed by atoms with van der Waals surface area (Å²) in [6, 6.07) is 6.59.